The maximum absolute atomic E-state index is 13.4. The van der Waals surface area contributed by atoms with Gasteiger partial charge in [0.25, 0.3) is 0 Å². The number of benzene rings is 2. The fraction of sp³-hybridized carbons (Fsp3) is 0.375. The number of rotatable bonds is 6. The highest BCUT2D eigenvalue weighted by molar-refractivity contribution is 7.92. The van der Waals surface area contributed by atoms with Crippen LogP contribution in [0.4, 0.5) is 13.2 Å². The predicted octanol–water partition coefficient (Wildman–Crippen LogP) is 5.65. The number of halogens is 4. The number of hydrogen-bond acceptors (Lipinski definition) is 6. The van der Waals surface area contributed by atoms with E-state index in [1.807, 2.05) is 0 Å². The van der Waals surface area contributed by atoms with Crippen LogP contribution in [0.15, 0.2) is 51.7 Å². The average molecular weight is 529 g/mol. The van der Waals surface area contributed by atoms with Crippen molar-refractivity contribution in [3.8, 4) is 17.1 Å². The van der Waals surface area contributed by atoms with E-state index >= 15 is 0 Å². The van der Waals surface area contributed by atoms with Gasteiger partial charge in [-0.25, -0.2) is 4.21 Å². The van der Waals surface area contributed by atoms with E-state index in [1.165, 1.54) is 18.4 Å². The van der Waals surface area contributed by atoms with E-state index in [-0.39, 0.29) is 50.4 Å². The summed E-state index contributed by atoms with van der Waals surface area (Å²) in [4.78, 5) is 14.7. The first kappa shape index (κ1) is 25.5. The van der Waals surface area contributed by atoms with Crippen molar-refractivity contribution in [2.24, 2.45) is 0 Å². The number of piperidine rings is 1. The first-order valence-corrected chi connectivity index (χ1v) is 13.4. The molecule has 1 N–H and O–H groups in total. The van der Waals surface area contributed by atoms with E-state index in [0.29, 0.717) is 32.5 Å². The van der Waals surface area contributed by atoms with Crippen molar-refractivity contribution in [3.05, 3.63) is 63.3 Å². The molecule has 4 rings (SSSR count). The van der Waals surface area contributed by atoms with Gasteiger partial charge in [-0.1, -0.05) is 17.7 Å². The molecule has 0 amide bonds. The van der Waals surface area contributed by atoms with Crippen molar-refractivity contribution in [2.75, 3.05) is 32.5 Å². The number of likely N-dealkylation sites (tertiary alicyclic amines) is 1. The Morgan fingerprint density at radius 1 is 1.20 bits per heavy atom. The van der Waals surface area contributed by atoms with Gasteiger partial charge in [0.05, 0.1) is 21.5 Å². The largest absolute Gasteiger partial charge is 0.491 e. The molecule has 3 aromatic rings. The van der Waals surface area contributed by atoms with Gasteiger partial charge in [-0.05, 0) is 56.3 Å². The normalized spacial score (nSPS) is 17.4. The average Bonchev–Trinajstić information content (AvgIpc) is 2.79. The number of fused-ring (bicyclic) bond motifs is 1. The summed E-state index contributed by atoms with van der Waals surface area (Å²) in [5.74, 6) is -0.0136. The second-order valence-corrected chi connectivity index (χ2v) is 11.5. The minimum atomic E-state index is -4.57. The standard InChI is InChI=1S/C24H24ClF3N2O4S/c1-35(29,32)16-7-9-30(10-8-16)11-12-33-21-13-15(24(26,27)28)5-6-18(21)22-14-20(31)17-3-2-4-19(25)23(17)34-22/h2-6,13-14,16,29H,7-12H2,1H3. The van der Waals surface area contributed by atoms with Gasteiger partial charge in [0.15, 0.2) is 11.0 Å². The van der Waals surface area contributed by atoms with E-state index in [0.717, 1.165) is 12.1 Å². The van der Waals surface area contributed by atoms with Crippen LogP contribution in [-0.2, 0) is 15.9 Å². The van der Waals surface area contributed by atoms with Crippen molar-refractivity contribution in [1.82, 2.24) is 4.90 Å². The third-order valence-electron chi connectivity index (χ3n) is 6.12. The Hall–Kier alpha value is -2.56. The molecule has 1 saturated heterocycles. The summed E-state index contributed by atoms with van der Waals surface area (Å²) in [6, 6.07) is 8.96. The summed E-state index contributed by atoms with van der Waals surface area (Å²) in [6.07, 6.45) is -1.88. The van der Waals surface area contributed by atoms with E-state index in [2.05, 4.69) is 4.90 Å². The Morgan fingerprint density at radius 3 is 2.57 bits per heavy atom. The number of nitrogens with one attached hydrogen (secondary N) is 1. The van der Waals surface area contributed by atoms with Crippen LogP contribution in [0.2, 0.25) is 5.02 Å². The molecule has 6 nitrogen and oxygen atoms in total. The Morgan fingerprint density at radius 2 is 1.91 bits per heavy atom. The van der Waals surface area contributed by atoms with Crippen molar-refractivity contribution in [2.45, 2.75) is 24.3 Å². The lowest BCUT2D eigenvalue weighted by Gasteiger charge is -2.31. The quantitative estimate of drug-likeness (QED) is 0.447. The summed E-state index contributed by atoms with van der Waals surface area (Å²) in [5, 5.41) is 0.322. The van der Waals surface area contributed by atoms with E-state index < -0.39 is 21.5 Å². The van der Waals surface area contributed by atoms with Gasteiger partial charge in [0.1, 0.15) is 18.1 Å². The van der Waals surface area contributed by atoms with Gasteiger partial charge in [-0.2, -0.15) is 13.2 Å². The molecule has 2 heterocycles. The molecule has 0 bridgehead atoms. The second kappa shape index (κ2) is 9.83. The van der Waals surface area contributed by atoms with Crippen molar-refractivity contribution >= 4 is 32.3 Å². The smallest absolute Gasteiger partial charge is 0.416 e. The van der Waals surface area contributed by atoms with E-state index in [4.69, 9.17) is 25.5 Å². The predicted molar refractivity (Wildman–Crippen MR) is 130 cm³/mol. The molecule has 0 aliphatic carbocycles. The Bertz CT molecular complexity index is 1400. The van der Waals surface area contributed by atoms with Crippen molar-refractivity contribution < 1.29 is 26.5 Å². The zero-order valence-electron chi connectivity index (χ0n) is 18.9. The van der Waals surface area contributed by atoms with Crippen LogP contribution >= 0.6 is 11.6 Å². The van der Waals surface area contributed by atoms with Crippen LogP contribution in [0, 0.1) is 4.78 Å². The van der Waals surface area contributed by atoms with Crippen molar-refractivity contribution in [3.63, 3.8) is 0 Å². The lowest BCUT2D eigenvalue weighted by atomic mass is 10.1. The first-order valence-electron chi connectivity index (χ1n) is 11.0. The molecule has 1 aliphatic rings. The van der Waals surface area contributed by atoms with Crippen LogP contribution in [-0.4, -0.2) is 46.9 Å². The molecule has 1 fully saturated rings. The summed E-state index contributed by atoms with van der Waals surface area (Å²) < 4.78 is 71.4. The summed E-state index contributed by atoms with van der Waals surface area (Å²) >= 11 is 6.17. The van der Waals surface area contributed by atoms with Crippen LogP contribution < -0.4 is 10.2 Å². The Balaban J connectivity index is 1.59. The Kier molecular flexibility index (Phi) is 7.17. The van der Waals surface area contributed by atoms with Crippen LogP contribution in [0.5, 0.6) is 5.75 Å². The van der Waals surface area contributed by atoms with Crippen molar-refractivity contribution in [1.29, 1.82) is 4.78 Å². The molecule has 1 aromatic heterocycles. The highest BCUT2D eigenvalue weighted by atomic mass is 35.5. The fourth-order valence-corrected chi connectivity index (χ4v) is 5.49. The van der Waals surface area contributed by atoms with Gasteiger partial charge in [0, 0.05) is 33.8 Å². The molecule has 1 aliphatic heterocycles. The number of para-hydroxylation sites is 1. The zero-order chi connectivity index (χ0) is 25.4. The molecular weight excluding hydrogens is 505 g/mol. The number of ether oxygens (including phenoxy) is 1. The van der Waals surface area contributed by atoms with E-state index in [1.54, 1.807) is 18.2 Å². The summed E-state index contributed by atoms with van der Waals surface area (Å²) in [7, 11) is -2.60. The van der Waals surface area contributed by atoms with Gasteiger partial charge in [0.2, 0.25) is 0 Å². The van der Waals surface area contributed by atoms with Crippen LogP contribution in [0.1, 0.15) is 18.4 Å². The van der Waals surface area contributed by atoms with E-state index in [9.17, 15) is 22.2 Å². The fourth-order valence-electron chi connectivity index (χ4n) is 4.16. The highest BCUT2D eigenvalue weighted by Crippen LogP contribution is 2.38. The topological polar surface area (TPSA) is 83.6 Å². The third kappa shape index (κ3) is 5.82. The molecular formula is C24H24ClF3N2O4S. The van der Waals surface area contributed by atoms with Crippen LogP contribution in [0.3, 0.4) is 0 Å². The minimum Gasteiger partial charge on any atom is -0.491 e. The first-order chi connectivity index (χ1) is 16.4. The molecule has 11 heteroatoms. The molecule has 1 atom stereocenters. The molecule has 0 spiro atoms. The SMILES string of the molecule is CS(=N)(=O)C1CCN(CCOc2cc(C(F)(F)F)ccc2-c2cc(=O)c3cccc(Cl)c3o2)CC1. The van der Waals surface area contributed by atoms with Gasteiger partial charge in [-0.15, -0.1) is 0 Å². The minimum absolute atomic E-state index is 0.0493. The molecule has 35 heavy (non-hydrogen) atoms. The molecule has 2 aromatic carbocycles. The Labute approximate surface area is 205 Å². The highest BCUT2D eigenvalue weighted by Gasteiger charge is 2.32. The monoisotopic (exact) mass is 528 g/mol. The molecule has 1 unspecified atom stereocenters. The van der Waals surface area contributed by atoms with Gasteiger partial charge >= 0.3 is 6.18 Å². The number of hydrogen-bond donors (Lipinski definition) is 1. The molecule has 188 valence electrons. The van der Waals surface area contributed by atoms with Gasteiger partial charge in [-0.3, -0.25) is 14.5 Å². The maximum atomic E-state index is 13.4. The lowest BCUT2D eigenvalue weighted by molar-refractivity contribution is -0.137. The third-order valence-corrected chi connectivity index (χ3v) is 8.16. The molecule has 0 saturated carbocycles. The molecule has 0 radical (unpaired) electrons. The summed E-state index contributed by atoms with van der Waals surface area (Å²) in [5.41, 5.74) is -0.909. The lowest BCUT2D eigenvalue weighted by Crippen LogP contribution is -2.40. The second-order valence-electron chi connectivity index (χ2n) is 8.59. The number of nitrogens with zero attached hydrogens (tertiary/aromatic N) is 1. The number of alkyl halides is 3. The zero-order valence-corrected chi connectivity index (χ0v) is 20.4. The van der Waals surface area contributed by atoms with Gasteiger partial charge < -0.3 is 9.15 Å². The maximum Gasteiger partial charge on any atom is 0.416 e. The van der Waals surface area contributed by atoms with Crippen LogP contribution in [0.25, 0.3) is 22.3 Å². The summed E-state index contributed by atoms with van der Waals surface area (Å²) in [6.45, 7) is 1.80.